The van der Waals surface area contributed by atoms with Gasteiger partial charge in [-0.15, -0.1) is 0 Å². The third-order valence-corrected chi connectivity index (χ3v) is 2.00. The van der Waals surface area contributed by atoms with Crippen LogP contribution in [0.15, 0.2) is 12.1 Å². The topological polar surface area (TPSA) is 63.6 Å². The number of alkyl halides is 2. The monoisotopic (exact) mass is 230 g/mol. The van der Waals surface area contributed by atoms with Crippen LogP contribution in [0.5, 0.6) is 5.75 Å². The summed E-state index contributed by atoms with van der Waals surface area (Å²) < 4.78 is 28.3. The molecule has 1 aromatic carbocycles. The zero-order chi connectivity index (χ0) is 12.3. The summed E-state index contributed by atoms with van der Waals surface area (Å²) in [5, 5.41) is 8.76. The number of hydrogen-bond donors (Lipinski definition) is 1. The molecule has 0 aliphatic rings. The maximum absolute atomic E-state index is 12.1. The Labute approximate surface area is 89.5 Å². The van der Waals surface area contributed by atoms with Gasteiger partial charge in [-0.2, -0.15) is 8.78 Å². The van der Waals surface area contributed by atoms with Gasteiger partial charge in [-0.05, 0) is 19.1 Å². The third kappa shape index (κ3) is 2.33. The first-order valence-corrected chi connectivity index (χ1v) is 4.24. The summed E-state index contributed by atoms with van der Waals surface area (Å²) in [6.07, 6.45) is 0.330. The van der Waals surface area contributed by atoms with Gasteiger partial charge < -0.3 is 9.84 Å². The molecule has 1 aromatic rings. The smallest absolute Gasteiger partial charge is 0.387 e. The standard InChI is InChI=1S/C10H8F2O4/c1-5-7(9(14)15)3-2-6(4-13)8(5)16-10(11)12/h2-4,10H,1H3,(H,14,15). The summed E-state index contributed by atoms with van der Waals surface area (Å²) in [4.78, 5) is 21.3. The lowest BCUT2D eigenvalue weighted by molar-refractivity contribution is -0.0506. The van der Waals surface area contributed by atoms with Crippen molar-refractivity contribution < 1.29 is 28.2 Å². The fourth-order valence-corrected chi connectivity index (χ4v) is 1.28. The largest absolute Gasteiger partial charge is 0.478 e. The second-order valence-corrected chi connectivity index (χ2v) is 2.96. The Balaban J connectivity index is 3.34. The average Bonchev–Trinajstić information content (AvgIpc) is 2.19. The number of rotatable bonds is 4. The fourth-order valence-electron chi connectivity index (χ4n) is 1.28. The van der Waals surface area contributed by atoms with Crippen LogP contribution in [0.1, 0.15) is 26.3 Å². The number of ether oxygens (including phenoxy) is 1. The van der Waals surface area contributed by atoms with Crippen molar-refractivity contribution in [3.8, 4) is 5.75 Å². The molecule has 16 heavy (non-hydrogen) atoms. The van der Waals surface area contributed by atoms with Crippen LogP contribution in [-0.4, -0.2) is 24.0 Å². The van der Waals surface area contributed by atoms with Gasteiger partial charge in [0.1, 0.15) is 5.75 Å². The Bertz CT molecular complexity index is 429. The van der Waals surface area contributed by atoms with Crippen molar-refractivity contribution in [3.63, 3.8) is 0 Å². The minimum Gasteiger partial charge on any atom is -0.478 e. The summed E-state index contributed by atoms with van der Waals surface area (Å²) in [7, 11) is 0. The highest BCUT2D eigenvalue weighted by Gasteiger charge is 2.18. The van der Waals surface area contributed by atoms with Crippen LogP contribution in [0, 0.1) is 6.92 Å². The molecule has 4 nitrogen and oxygen atoms in total. The maximum atomic E-state index is 12.1. The van der Waals surface area contributed by atoms with E-state index in [1.807, 2.05) is 0 Å². The van der Waals surface area contributed by atoms with Gasteiger partial charge in [0.05, 0.1) is 11.1 Å². The van der Waals surface area contributed by atoms with Gasteiger partial charge in [-0.3, -0.25) is 4.79 Å². The van der Waals surface area contributed by atoms with Crippen molar-refractivity contribution in [1.82, 2.24) is 0 Å². The van der Waals surface area contributed by atoms with Crippen LogP contribution < -0.4 is 4.74 Å². The van der Waals surface area contributed by atoms with Crippen molar-refractivity contribution in [2.24, 2.45) is 0 Å². The molecule has 0 saturated heterocycles. The van der Waals surface area contributed by atoms with Crippen molar-refractivity contribution in [3.05, 3.63) is 28.8 Å². The summed E-state index contributed by atoms with van der Waals surface area (Å²) in [5.41, 5.74) is -0.290. The Morgan fingerprint density at radius 2 is 2.12 bits per heavy atom. The van der Waals surface area contributed by atoms with Crippen LogP contribution in [0.25, 0.3) is 0 Å². The van der Waals surface area contributed by atoms with Crippen LogP contribution in [0.2, 0.25) is 0 Å². The van der Waals surface area contributed by atoms with E-state index in [4.69, 9.17) is 5.11 Å². The third-order valence-electron chi connectivity index (χ3n) is 2.00. The lowest BCUT2D eigenvalue weighted by Crippen LogP contribution is -2.09. The number of carbonyl (C=O) groups is 2. The van der Waals surface area contributed by atoms with E-state index < -0.39 is 18.3 Å². The van der Waals surface area contributed by atoms with Gasteiger partial charge >= 0.3 is 12.6 Å². The van der Waals surface area contributed by atoms with E-state index in [-0.39, 0.29) is 16.7 Å². The van der Waals surface area contributed by atoms with E-state index in [1.165, 1.54) is 13.0 Å². The molecule has 0 aliphatic carbocycles. The molecule has 0 aliphatic heterocycles. The van der Waals surface area contributed by atoms with E-state index in [0.29, 0.717) is 6.29 Å². The molecular formula is C10H8F2O4. The van der Waals surface area contributed by atoms with E-state index in [0.717, 1.165) is 6.07 Å². The molecule has 6 heteroatoms. The molecule has 0 unspecified atom stereocenters. The summed E-state index contributed by atoms with van der Waals surface area (Å²) in [6, 6.07) is 2.29. The fraction of sp³-hybridized carbons (Fsp3) is 0.200. The van der Waals surface area contributed by atoms with Gasteiger partial charge in [0.25, 0.3) is 0 Å². The highest BCUT2D eigenvalue weighted by molar-refractivity contribution is 5.92. The zero-order valence-corrected chi connectivity index (χ0v) is 8.24. The van der Waals surface area contributed by atoms with Gasteiger partial charge in [0.15, 0.2) is 6.29 Å². The molecule has 0 radical (unpaired) electrons. The molecule has 0 aromatic heterocycles. The number of aromatic carboxylic acids is 1. The first-order chi connectivity index (χ1) is 7.47. The number of carboxylic acid groups (broad SMARTS) is 1. The second-order valence-electron chi connectivity index (χ2n) is 2.96. The number of benzene rings is 1. The van der Waals surface area contributed by atoms with Gasteiger partial charge in [-0.1, -0.05) is 0 Å². The van der Waals surface area contributed by atoms with Crippen molar-refractivity contribution in [2.45, 2.75) is 13.5 Å². The highest BCUT2D eigenvalue weighted by Crippen LogP contribution is 2.27. The number of aldehydes is 1. The lowest BCUT2D eigenvalue weighted by Gasteiger charge is -2.11. The van der Waals surface area contributed by atoms with E-state index in [2.05, 4.69) is 4.74 Å². The van der Waals surface area contributed by atoms with Gasteiger partial charge in [-0.25, -0.2) is 4.79 Å². The molecule has 1 rings (SSSR count). The Kier molecular flexibility index (Phi) is 3.55. The average molecular weight is 230 g/mol. The molecule has 0 spiro atoms. The zero-order valence-electron chi connectivity index (χ0n) is 8.24. The Hall–Kier alpha value is -1.98. The number of hydrogen-bond acceptors (Lipinski definition) is 3. The molecule has 86 valence electrons. The van der Waals surface area contributed by atoms with Crippen molar-refractivity contribution in [2.75, 3.05) is 0 Å². The molecule has 0 amide bonds. The minimum absolute atomic E-state index is 0.00241. The number of carboxylic acids is 1. The highest BCUT2D eigenvalue weighted by atomic mass is 19.3. The predicted octanol–water partition coefficient (Wildman–Crippen LogP) is 2.11. The van der Waals surface area contributed by atoms with Gasteiger partial charge in [0, 0.05) is 5.56 Å². The molecular weight excluding hydrogens is 222 g/mol. The van der Waals surface area contributed by atoms with Crippen LogP contribution in [0.3, 0.4) is 0 Å². The van der Waals surface area contributed by atoms with Crippen LogP contribution in [-0.2, 0) is 0 Å². The van der Waals surface area contributed by atoms with Crippen LogP contribution >= 0.6 is 0 Å². The summed E-state index contributed by atoms with van der Waals surface area (Å²) >= 11 is 0. The molecule has 0 atom stereocenters. The number of halogens is 2. The predicted molar refractivity (Wildman–Crippen MR) is 50.2 cm³/mol. The molecule has 1 N–H and O–H groups in total. The van der Waals surface area contributed by atoms with Gasteiger partial charge in [0.2, 0.25) is 0 Å². The van der Waals surface area contributed by atoms with Crippen molar-refractivity contribution in [1.29, 1.82) is 0 Å². The Morgan fingerprint density at radius 1 is 1.50 bits per heavy atom. The second kappa shape index (κ2) is 4.69. The van der Waals surface area contributed by atoms with E-state index in [1.54, 1.807) is 0 Å². The maximum Gasteiger partial charge on any atom is 0.387 e. The summed E-state index contributed by atoms with van der Waals surface area (Å²) in [6.45, 7) is -1.81. The SMILES string of the molecule is Cc1c(C(=O)O)ccc(C=O)c1OC(F)F. The molecule has 0 heterocycles. The molecule has 0 bridgehead atoms. The first-order valence-electron chi connectivity index (χ1n) is 4.24. The number of carbonyl (C=O) groups excluding carboxylic acids is 1. The molecule has 0 saturated carbocycles. The normalized spacial score (nSPS) is 10.2. The lowest BCUT2D eigenvalue weighted by atomic mass is 10.0. The summed E-state index contributed by atoms with van der Waals surface area (Å²) in [5.74, 6) is -1.67. The van der Waals surface area contributed by atoms with Crippen LogP contribution in [0.4, 0.5) is 8.78 Å². The first kappa shape index (κ1) is 12.1. The molecule has 0 fully saturated rings. The van der Waals surface area contributed by atoms with E-state index >= 15 is 0 Å². The van der Waals surface area contributed by atoms with Crippen molar-refractivity contribution >= 4 is 12.3 Å². The quantitative estimate of drug-likeness (QED) is 0.804. The minimum atomic E-state index is -3.11. The Morgan fingerprint density at radius 3 is 2.56 bits per heavy atom. The van der Waals surface area contributed by atoms with E-state index in [9.17, 15) is 18.4 Å².